The first-order chi connectivity index (χ1) is 8.78. The summed E-state index contributed by atoms with van der Waals surface area (Å²) in [5, 5.41) is 4.29. The Bertz CT molecular complexity index is 587. The number of ether oxygens (including phenoxy) is 1. The molecule has 2 saturated heterocycles. The molecule has 0 aromatic carbocycles. The molecule has 5 nitrogen and oxygen atoms in total. The summed E-state index contributed by atoms with van der Waals surface area (Å²) in [5.41, 5.74) is 2.06. The summed E-state index contributed by atoms with van der Waals surface area (Å²) in [6, 6.07) is 4.12. The second-order valence-electron chi connectivity index (χ2n) is 5.03. The highest BCUT2D eigenvalue weighted by atomic mass is 79.9. The van der Waals surface area contributed by atoms with Crippen LogP contribution in [-0.4, -0.2) is 40.4 Å². The number of anilines is 1. The number of halogens is 1. The van der Waals surface area contributed by atoms with E-state index in [0.717, 1.165) is 25.3 Å². The van der Waals surface area contributed by atoms with Crippen molar-refractivity contribution in [3.8, 4) is 0 Å². The first-order valence-electron chi connectivity index (χ1n) is 6.16. The van der Waals surface area contributed by atoms with Crippen molar-refractivity contribution in [2.24, 2.45) is 5.92 Å². The molecule has 94 valence electrons. The van der Waals surface area contributed by atoms with E-state index in [2.05, 4.69) is 37.0 Å². The van der Waals surface area contributed by atoms with Crippen LogP contribution >= 0.6 is 15.9 Å². The zero-order chi connectivity index (χ0) is 12.1. The first-order valence-corrected chi connectivity index (χ1v) is 6.96. The highest BCUT2D eigenvalue weighted by molar-refractivity contribution is 9.10. The van der Waals surface area contributed by atoms with Gasteiger partial charge in [0.2, 0.25) is 4.73 Å². The molecule has 2 unspecified atom stereocenters. The van der Waals surface area contributed by atoms with Crippen LogP contribution in [0.25, 0.3) is 5.65 Å². The molecule has 2 aliphatic rings. The lowest BCUT2D eigenvalue weighted by atomic mass is 10.00. The number of pyridine rings is 1. The minimum absolute atomic E-state index is 0.405. The van der Waals surface area contributed by atoms with Crippen LogP contribution in [0, 0.1) is 5.92 Å². The third-order valence-electron chi connectivity index (χ3n) is 3.72. The van der Waals surface area contributed by atoms with E-state index in [4.69, 9.17) is 4.74 Å². The maximum Gasteiger partial charge on any atom is 0.218 e. The van der Waals surface area contributed by atoms with Crippen molar-refractivity contribution in [1.29, 1.82) is 0 Å². The predicted octanol–water partition coefficient (Wildman–Crippen LogP) is 1.72. The van der Waals surface area contributed by atoms with Crippen molar-refractivity contribution in [2.45, 2.75) is 12.5 Å². The molecule has 0 spiro atoms. The summed E-state index contributed by atoms with van der Waals surface area (Å²) in [5.74, 6) is 0.682. The van der Waals surface area contributed by atoms with Gasteiger partial charge in [-0.1, -0.05) is 0 Å². The largest absolute Gasteiger partial charge is 0.376 e. The second kappa shape index (κ2) is 3.93. The van der Waals surface area contributed by atoms with Crippen LogP contribution in [-0.2, 0) is 4.74 Å². The molecular weight excluding hydrogens is 296 g/mol. The molecule has 2 aromatic heterocycles. The van der Waals surface area contributed by atoms with Gasteiger partial charge in [0.15, 0.2) is 5.65 Å². The van der Waals surface area contributed by atoms with Gasteiger partial charge in [0, 0.05) is 19.0 Å². The molecular formula is C12H13BrN4O. The van der Waals surface area contributed by atoms with Crippen LogP contribution < -0.4 is 4.90 Å². The van der Waals surface area contributed by atoms with E-state index in [9.17, 15) is 0 Å². The van der Waals surface area contributed by atoms with Crippen LogP contribution in [0.3, 0.4) is 0 Å². The molecule has 6 heteroatoms. The summed E-state index contributed by atoms with van der Waals surface area (Å²) in [7, 11) is 0. The van der Waals surface area contributed by atoms with E-state index in [-0.39, 0.29) is 0 Å². The highest BCUT2D eigenvalue weighted by Gasteiger charge is 2.33. The number of hydrogen-bond acceptors (Lipinski definition) is 4. The van der Waals surface area contributed by atoms with Crippen LogP contribution in [0.5, 0.6) is 0 Å². The topological polar surface area (TPSA) is 42.7 Å². The van der Waals surface area contributed by atoms with Crippen molar-refractivity contribution in [1.82, 2.24) is 14.6 Å². The summed E-state index contributed by atoms with van der Waals surface area (Å²) >= 11 is 3.30. The molecule has 0 aliphatic carbocycles. The number of rotatable bonds is 1. The van der Waals surface area contributed by atoms with Crippen molar-refractivity contribution in [3.05, 3.63) is 23.1 Å². The lowest BCUT2D eigenvalue weighted by molar-refractivity contribution is 0.119. The Balaban J connectivity index is 1.69. The SMILES string of the molecule is Brc1nc2ccc(N3CC4COC(C4)C3)cn2n1. The lowest BCUT2D eigenvalue weighted by Crippen LogP contribution is -2.39. The summed E-state index contributed by atoms with van der Waals surface area (Å²) in [6.45, 7) is 2.98. The Morgan fingerprint density at radius 1 is 1.33 bits per heavy atom. The normalized spacial score (nSPS) is 27.1. The summed E-state index contributed by atoms with van der Waals surface area (Å²) in [6.07, 6.45) is 3.66. The quantitative estimate of drug-likeness (QED) is 0.804. The Morgan fingerprint density at radius 3 is 3.17 bits per heavy atom. The van der Waals surface area contributed by atoms with Gasteiger partial charge in [-0.2, -0.15) is 0 Å². The van der Waals surface area contributed by atoms with Crippen molar-refractivity contribution < 1.29 is 4.74 Å². The fraction of sp³-hybridized carbons (Fsp3) is 0.500. The maximum absolute atomic E-state index is 5.74. The van der Waals surface area contributed by atoms with Gasteiger partial charge >= 0.3 is 0 Å². The summed E-state index contributed by atoms with van der Waals surface area (Å²) < 4.78 is 8.18. The third-order valence-corrected chi connectivity index (χ3v) is 4.06. The smallest absolute Gasteiger partial charge is 0.218 e. The monoisotopic (exact) mass is 308 g/mol. The van der Waals surface area contributed by atoms with Gasteiger partial charge in [0.1, 0.15) is 0 Å². The lowest BCUT2D eigenvalue weighted by Gasteiger charge is -2.31. The molecule has 0 radical (unpaired) electrons. The molecule has 4 rings (SSSR count). The number of nitrogens with zero attached hydrogens (tertiary/aromatic N) is 4. The van der Waals surface area contributed by atoms with Crippen molar-refractivity contribution in [2.75, 3.05) is 24.6 Å². The van der Waals surface area contributed by atoms with Gasteiger partial charge in [0.05, 0.1) is 24.6 Å². The fourth-order valence-corrected chi connectivity index (χ4v) is 3.26. The number of aromatic nitrogens is 3. The number of fused-ring (bicyclic) bond motifs is 3. The van der Waals surface area contributed by atoms with E-state index >= 15 is 0 Å². The van der Waals surface area contributed by atoms with Gasteiger partial charge in [-0.25, -0.2) is 9.50 Å². The van der Waals surface area contributed by atoms with Crippen LogP contribution in [0.1, 0.15) is 6.42 Å². The first kappa shape index (κ1) is 10.8. The molecule has 0 amide bonds. The predicted molar refractivity (Wildman–Crippen MR) is 70.7 cm³/mol. The highest BCUT2D eigenvalue weighted by Crippen LogP contribution is 2.30. The molecule has 2 aromatic rings. The standard InChI is InChI=1S/C12H13BrN4O/c13-12-14-11-2-1-9(5-17(11)15-12)16-4-8-3-10(6-16)18-7-8/h1-2,5,8,10H,3-4,6-7H2. The Hall–Kier alpha value is -1.14. The molecule has 2 fully saturated rings. The number of hydrogen-bond donors (Lipinski definition) is 0. The van der Waals surface area contributed by atoms with Gasteiger partial charge < -0.3 is 9.64 Å². The Kier molecular flexibility index (Phi) is 2.35. The van der Waals surface area contributed by atoms with Gasteiger partial charge in [-0.15, -0.1) is 5.10 Å². The molecule has 18 heavy (non-hydrogen) atoms. The number of piperidine rings is 1. The minimum Gasteiger partial charge on any atom is -0.376 e. The van der Waals surface area contributed by atoms with E-state index in [0.29, 0.717) is 16.8 Å². The van der Waals surface area contributed by atoms with E-state index in [1.807, 2.05) is 16.8 Å². The van der Waals surface area contributed by atoms with Crippen LogP contribution in [0.4, 0.5) is 5.69 Å². The minimum atomic E-state index is 0.405. The third kappa shape index (κ3) is 1.71. The van der Waals surface area contributed by atoms with E-state index in [1.54, 1.807) is 0 Å². The molecule has 2 atom stereocenters. The Morgan fingerprint density at radius 2 is 2.28 bits per heavy atom. The zero-order valence-corrected chi connectivity index (χ0v) is 11.4. The molecule has 2 aliphatic heterocycles. The van der Waals surface area contributed by atoms with E-state index in [1.165, 1.54) is 12.1 Å². The molecule has 2 bridgehead atoms. The zero-order valence-electron chi connectivity index (χ0n) is 9.79. The van der Waals surface area contributed by atoms with Crippen molar-refractivity contribution >= 4 is 27.3 Å². The van der Waals surface area contributed by atoms with E-state index < -0.39 is 0 Å². The molecule has 4 heterocycles. The van der Waals surface area contributed by atoms with Crippen LogP contribution in [0.2, 0.25) is 0 Å². The maximum atomic E-state index is 5.74. The van der Waals surface area contributed by atoms with Gasteiger partial charge in [-0.05, 0) is 34.5 Å². The fourth-order valence-electron chi connectivity index (χ4n) is 2.91. The van der Waals surface area contributed by atoms with Gasteiger partial charge in [0.25, 0.3) is 0 Å². The van der Waals surface area contributed by atoms with Crippen molar-refractivity contribution in [3.63, 3.8) is 0 Å². The summed E-state index contributed by atoms with van der Waals surface area (Å²) in [4.78, 5) is 6.66. The second-order valence-corrected chi connectivity index (χ2v) is 5.74. The molecule has 0 N–H and O–H groups in total. The molecule has 0 saturated carbocycles. The van der Waals surface area contributed by atoms with Crippen LogP contribution in [0.15, 0.2) is 23.1 Å². The average molecular weight is 309 g/mol. The average Bonchev–Trinajstić information content (AvgIpc) is 2.89. The Labute approximate surface area is 113 Å². The van der Waals surface area contributed by atoms with Gasteiger partial charge in [-0.3, -0.25) is 0 Å².